The highest BCUT2D eigenvalue weighted by Crippen LogP contribution is 2.49. The van der Waals surface area contributed by atoms with E-state index < -0.39 is 30.3 Å². The molecule has 8 heteroatoms. The summed E-state index contributed by atoms with van der Waals surface area (Å²) in [6, 6.07) is 8.27. The molecule has 0 spiro atoms. The first kappa shape index (κ1) is 17.7. The first-order valence-electron chi connectivity index (χ1n) is 8.11. The highest BCUT2D eigenvalue weighted by atomic mass is 19.4. The number of para-hydroxylation sites is 1. The zero-order valence-corrected chi connectivity index (χ0v) is 13.7. The lowest BCUT2D eigenvalue weighted by molar-refractivity contribution is -0.318. The number of hydrazone groups is 1. The molecule has 1 aliphatic heterocycles. The zero-order chi connectivity index (χ0) is 18.2. The van der Waals surface area contributed by atoms with Crippen molar-refractivity contribution in [3.63, 3.8) is 0 Å². The molecule has 0 aromatic heterocycles. The van der Waals surface area contributed by atoms with Crippen LogP contribution in [0.2, 0.25) is 0 Å². The Morgan fingerprint density at radius 3 is 2.72 bits per heavy atom. The molecule has 1 aromatic carbocycles. The smallest absolute Gasteiger partial charge is 0.439 e. The molecular formula is C17H19F3N2O3. The van der Waals surface area contributed by atoms with Gasteiger partial charge >= 0.3 is 6.18 Å². The van der Waals surface area contributed by atoms with Crippen LogP contribution in [-0.4, -0.2) is 40.2 Å². The Balaban J connectivity index is 1.83. The fraction of sp³-hybridized carbons (Fsp3) is 0.529. The molecule has 1 amide bonds. The number of hydrogen-bond donors (Lipinski definition) is 1. The number of carbonyl (C=O) groups excluding carboxylic acids is 1. The predicted octanol–water partition coefficient (Wildman–Crippen LogP) is 2.95. The molecule has 25 heavy (non-hydrogen) atoms. The van der Waals surface area contributed by atoms with Gasteiger partial charge in [-0.1, -0.05) is 25.1 Å². The van der Waals surface area contributed by atoms with Crippen molar-refractivity contribution < 1.29 is 27.8 Å². The standard InChI is InChI=1S/C17H19F3N2O3/c1-11-7-8-14-13(9-11)16(24,17(18,19)20)22(21-14)15(23)10-25-12-5-3-2-4-6-12/h2-6,11,13,24H,7-10H2,1H3/t11-,13+,16-/m1/s1. The van der Waals surface area contributed by atoms with E-state index in [4.69, 9.17) is 4.74 Å². The Morgan fingerprint density at radius 2 is 2.08 bits per heavy atom. The van der Waals surface area contributed by atoms with E-state index >= 15 is 0 Å². The number of fused-ring (bicyclic) bond motifs is 1. The Kier molecular flexibility index (Phi) is 4.49. The summed E-state index contributed by atoms with van der Waals surface area (Å²) in [5.41, 5.74) is -3.08. The minimum absolute atomic E-state index is 0.0217. The highest BCUT2D eigenvalue weighted by Gasteiger charge is 2.68. The lowest BCUT2D eigenvalue weighted by Gasteiger charge is -2.39. The monoisotopic (exact) mass is 356 g/mol. The van der Waals surface area contributed by atoms with E-state index in [0.717, 1.165) is 0 Å². The van der Waals surface area contributed by atoms with Crippen molar-refractivity contribution in [3.05, 3.63) is 30.3 Å². The van der Waals surface area contributed by atoms with Crippen LogP contribution in [0.1, 0.15) is 26.2 Å². The molecule has 0 unspecified atom stereocenters. The maximum absolute atomic E-state index is 13.7. The van der Waals surface area contributed by atoms with Crippen molar-refractivity contribution in [1.29, 1.82) is 0 Å². The van der Waals surface area contributed by atoms with Gasteiger partial charge in [0.2, 0.25) is 0 Å². The predicted molar refractivity (Wildman–Crippen MR) is 83.7 cm³/mol. The summed E-state index contributed by atoms with van der Waals surface area (Å²) >= 11 is 0. The van der Waals surface area contributed by atoms with Gasteiger partial charge in [-0.2, -0.15) is 23.3 Å². The number of alkyl halides is 3. The Bertz CT molecular complexity index is 677. The summed E-state index contributed by atoms with van der Waals surface area (Å²) in [5.74, 6) is -1.88. The third-order valence-electron chi connectivity index (χ3n) is 4.73. The first-order chi connectivity index (χ1) is 11.7. The molecule has 1 N–H and O–H groups in total. The third kappa shape index (κ3) is 3.10. The van der Waals surface area contributed by atoms with E-state index in [2.05, 4.69) is 5.10 Å². The van der Waals surface area contributed by atoms with Gasteiger partial charge in [0.1, 0.15) is 5.75 Å². The summed E-state index contributed by atoms with van der Waals surface area (Å²) in [5, 5.41) is 14.5. The van der Waals surface area contributed by atoms with Gasteiger partial charge in [-0.25, -0.2) is 0 Å². The number of halogens is 3. The van der Waals surface area contributed by atoms with Crippen LogP contribution in [0, 0.1) is 11.8 Å². The zero-order valence-electron chi connectivity index (χ0n) is 13.7. The molecule has 1 fully saturated rings. The van der Waals surface area contributed by atoms with Crippen LogP contribution in [-0.2, 0) is 4.79 Å². The average molecular weight is 356 g/mol. The molecule has 1 aromatic rings. The number of ether oxygens (including phenoxy) is 1. The molecule has 1 heterocycles. The van der Waals surface area contributed by atoms with E-state index in [-0.39, 0.29) is 23.1 Å². The van der Waals surface area contributed by atoms with Crippen LogP contribution in [0.3, 0.4) is 0 Å². The molecule has 136 valence electrons. The van der Waals surface area contributed by atoms with Gasteiger partial charge in [0, 0.05) is 5.71 Å². The SMILES string of the molecule is C[C@@H]1CCC2=NN(C(=O)COc3ccccc3)[C@](O)(C(F)(F)F)[C@H]2C1. The lowest BCUT2D eigenvalue weighted by atomic mass is 9.76. The summed E-state index contributed by atoms with van der Waals surface area (Å²) in [7, 11) is 0. The van der Waals surface area contributed by atoms with E-state index in [9.17, 15) is 23.1 Å². The summed E-state index contributed by atoms with van der Waals surface area (Å²) in [6.45, 7) is 1.19. The van der Waals surface area contributed by atoms with Crippen molar-refractivity contribution in [2.24, 2.45) is 16.9 Å². The molecular weight excluding hydrogens is 337 g/mol. The fourth-order valence-electron chi connectivity index (χ4n) is 3.38. The summed E-state index contributed by atoms with van der Waals surface area (Å²) in [6.07, 6.45) is -3.85. The van der Waals surface area contributed by atoms with Gasteiger partial charge in [-0.15, -0.1) is 0 Å². The minimum atomic E-state index is -5.01. The van der Waals surface area contributed by atoms with E-state index in [1.807, 2.05) is 6.92 Å². The van der Waals surface area contributed by atoms with Crippen LogP contribution in [0.4, 0.5) is 13.2 Å². The number of carbonyl (C=O) groups is 1. The molecule has 0 radical (unpaired) electrons. The van der Waals surface area contributed by atoms with Crippen LogP contribution in [0.25, 0.3) is 0 Å². The van der Waals surface area contributed by atoms with Gasteiger partial charge in [-0.3, -0.25) is 4.79 Å². The van der Waals surface area contributed by atoms with Crippen molar-refractivity contribution >= 4 is 11.6 Å². The van der Waals surface area contributed by atoms with E-state index in [1.165, 1.54) is 0 Å². The molecule has 3 rings (SSSR count). The molecule has 0 bridgehead atoms. The summed E-state index contributed by atoms with van der Waals surface area (Å²) in [4.78, 5) is 12.3. The number of hydrogen-bond acceptors (Lipinski definition) is 4. The molecule has 5 nitrogen and oxygen atoms in total. The third-order valence-corrected chi connectivity index (χ3v) is 4.73. The highest BCUT2D eigenvalue weighted by molar-refractivity contribution is 5.93. The number of rotatable bonds is 3. The lowest BCUT2D eigenvalue weighted by Crippen LogP contribution is -2.62. The molecule has 2 aliphatic rings. The second kappa shape index (κ2) is 6.33. The number of benzene rings is 1. The molecule has 1 aliphatic carbocycles. The quantitative estimate of drug-likeness (QED) is 0.906. The fourth-order valence-corrected chi connectivity index (χ4v) is 3.38. The van der Waals surface area contributed by atoms with Gasteiger partial charge in [0.25, 0.3) is 11.6 Å². The van der Waals surface area contributed by atoms with E-state index in [1.54, 1.807) is 30.3 Å². The van der Waals surface area contributed by atoms with Gasteiger partial charge in [0.05, 0.1) is 5.92 Å². The van der Waals surface area contributed by atoms with Crippen LogP contribution < -0.4 is 4.74 Å². The Hall–Kier alpha value is -2.09. The number of nitrogens with zero attached hydrogens (tertiary/aromatic N) is 2. The second-order valence-corrected chi connectivity index (χ2v) is 6.55. The molecule has 1 saturated carbocycles. The van der Waals surface area contributed by atoms with Crippen LogP contribution in [0.15, 0.2) is 35.4 Å². The number of aliphatic hydroxyl groups is 1. The van der Waals surface area contributed by atoms with Crippen molar-refractivity contribution in [1.82, 2.24) is 5.01 Å². The van der Waals surface area contributed by atoms with E-state index in [0.29, 0.717) is 18.6 Å². The molecule has 3 atom stereocenters. The van der Waals surface area contributed by atoms with Gasteiger partial charge < -0.3 is 9.84 Å². The number of amides is 1. The van der Waals surface area contributed by atoms with Crippen molar-refractivity contribution in [3.8, 4) is 5.75 Å². The van der Waals surface area contributed by atoms with Gasteiger partial charge in [0.15, 0.2) is 6.61 Å². The maximum Gasteiger partial charge on any atom is 0.439 e. The topological polar surface area (TPSA) is 62.1 Å². The second-order valence-electron chi connectivity index (χ2n) is 6.55. The Morgan fingerprint density at radius 1 is 1.40 bits per heavy atom. The van der Waals surface area contributed by atoms with Crippen molar-refractivity contribution in [2.75, 3.05) is 6.61 Å². The van der Waals surface area contributed by atoms with Crippen molar-refractivity contribution in [2.45, 2.75) is 38.1 Å². The first-order valence-corrected chi connectivity index (χ1v) is 8.11. The normalized spacial score (nSPS) is 29.2. The molecule has 0 saturated heterocycles. The average Bonchev–Trinajstić information content (AvgIpc) is 2.87. The van der Waals surface area contributed by atoms with Gasteiger partial charge in [-0.05, 0) is 37.3 Å². The largest absolute Gasteiger partial charge is 0.484 e. The summed E-state index contributed by atoms with van der Waals surface area (Å²) < 4.78 is 46.2. The maximum atomic E-state index is 13.7. The Labute approximate surface area is 143 Å². The van der Waals surface area contributed by atoms with Crippen LogP contribution in [0.5, 0.6) is 5.75 Å². The minimum Gasteiger partial charge on any atom is -0.484 e. The van der Waals surface area contributed by atoms with Crippen LogP contribution >= 0.6 is 0 Å².